The van der Waals surface area contributed by atoms with Crippen LogP contribution in [0.3, 0.4) is 0 Å². The number of halogens is 2. The second-order valence-electron chi connectivity index (χ2n) is 5.96. The van der Waals surface area contributed by atoms with Crippen molar-refractivity contribution >= 4 is 51.5 Å². The van der Waals surface area contributed by atoms with Crippen LogP contribution in [0.15, 0.2) is 69.9 Å². The number of nitrogens with zero attached hydrogens (tertiary/aromatic N) is 2. The van der Waals surface area contributed by atoms with Gasteiger partial charge in [-0.25, -0.2) is 9.37 Å². The fourth-order valence-corrected chi connectivity index (χ4v) is 4.59. The summed E-state index contributed by atoms with van der Waals surface area (Å²) in [5.74, 6) is -0.724. The lowest BCUT2D eigenvalue weighted by molar-refractivity contribution is 0.101. The molecule has 146 valence electrons. The largest absolute Gasteiger partial charge is 0.281 e. The maximum Gasteiger partial charge on any atom is 0.281 e. The van der Waals surface area contributed by atoms with Crippen LogP contribution in [0, 0.1) is 5.82 Å². The number of amides is 1. The van der Waals surface area contributed by atoms with Crippen LogP contribution in [0.25, 0.3) is 10.9 Å². The summed E-state index contributed by atoms with van der Waals surface area (Å²) in [6.45, 7) is 0. The zero-order valence-electron chi connectivity index (χ0n) is 14.8. The normalized spacial score (nSPS) is 11.0. The van der Waals surface area contributed by atoms with E-state index in [0.29, 0.717) is 21.3 Å². The van der Waals surface area contributed by atoms with Crippen molar-refractivity contribution in [3.8, 4) is 0 Å². The lowest BCUT2D eigenvalue weighted by Crippen LogP contribution is -2.34. The van der Waals surface area contributed by atoms with Gasteiger partial charge in [0.15, 0.2) is 5.16 Å². The first-order valence-electron chi connectivity index (χ1n) is 8.47. The number of hydrogen-bond donors (Lipinski definition) is 1. The topological polar surface area (TPSA) is 64.0 Å². The van der Waals surface area contributed by atoms with Crippen LogP contribution in [0.2, 0.25) is 5.02 Å². The Kier molecular flexibility index (Phi) is 5.66. The molecule has 0 radical (unpaired) electrons. The quantitative estimate of drug-likeness (QED) is 0.349. The monoisotopic (exact) mass is 445 g/mol. The Morgan fingerprint density at radius 2 is 2.00 bits per heavy atom. The van der Waals surface area contributed by atoms with Crippen molar-refractivity contribution in [2.24, 2.45) is 0 Å². The van der Waals surface area contributed by atoms with Crippen molar-refractivity contribution in [2.75, 3.05) is 5.43 Å². The average molecular weight is 446 g/mol. The van der Waals surface area contributed by atoms with E-state index in [9.17, 15) is 14.0 Å². The summed E-state index contributed by atoms with van der Waals surface area (Å²) >= 11 is 8.47. The number of thiophene rings is 1. The van der Waals surface area contributed by atoms with Crippen molar-refractivity contribution in [2.45, 2.75) is 10.9 Å². The van der Waals surface area contributed by atoms with Gasteiger partial charge in [0.2, 0.25) is 0 Å². The zero-order chi connectivity index (χ0) is 20.4. The molecule has 0 aliphatic heterocycles. The molecule has 4 rings (SSSR count). The second-order valence-corrected chi connectivity index (χ2v) is 8.26. The average Bonchev–Trinajstić information content (AvgIpc) is 3.25. The maximum atomic E-state index is 14.1. The standard InChI is InChI=1S/C20H13ClFN3O2S2/c21-14-6-3-7-15(22)13(14)11-29-20-23-16-8-2-1-5-12(16)19(27)25(20)24-18(26)17-9-4-10-28-17/h1-10H,11H2,(H,24,26). The highest BCUT2D eigenvalue weighted by atomic mass is 35.5. The van der Waals surface area contributed by atoms with Crippen molar-refractivity contribution in [1.82, 2.24) is 9.66 Å². The molecule has 0 unspecified atom stereocenters. The van der Waals surface area contributed by atoms with Gasteiger partial charge < -0.3 is 0 Å². The Labute approximate surface area is 178 Å². The molecule has 29 heavy (non-hydrogen) atoms. The van der Waals surface area contributed by atoms with Crippen LogP contribution in [0.1, 0.15) is 15.2 Å². The molecule has 0 aliphatic rings. The zero-order valence-corrected chi connectivity index (χ0v) is 17.2. The number of benzene rings is 2. The van der Waals surface area contributed by atoms with Crippen LogP contribution in [-0.4, -0.2) is 15.6 Å². The fraction of sp³-hybridized carbons (Fsp3) is 0.0500. The summed E-state index contributed by atoms with van der Waals surface area (Å²) in [6, 6.07) is 14.7. The Balaban J connectivity index is 1.75. The van der Waals surface area contributed by atoms with Gasteiger partial charge in [-0.2, -0.15) is 4.68 Å². The summed E-state index contributed by atoms with van der Waals surface area (Å²) < 4.78 is 15.2. The van der Waals surface area contributed by atoms with E-state index >= 15 is 0 Å². The van der Waals surface area contributed by atoms with Crippen LogP contribution in [0.4, 0.5) is 4.39 Å². The highest BCUT2D eigenvalue weighted by Gasteiger charge is 2.17. The van der Waals surface area contributed by atoms with Gasteiger partial charge in [-0.3, -0.25) is 15.0 Å². The maximum absolute atomic E-state index is 14.1. The van der Waals surface area contributed by atoms with Gasteiger partial charge in [-0.1, -0.05) is 47.6 Å². The molecule has 1 N–H and O–H groups in total. The van der Waals surface area contributed by atoms with Gasteiger partial charge >= 0.3 is 0 Å². The molecule has 0 bridgehead atoms. The summed E-state index contributed by atoms with van der Waals surface area (Å²) in [6.07, 6.45) is 0. The number of fused-ring (bicyclic) bond motifs is 1. The summed E-state index contributed by atoms with van der Waals surface area (Å²) in [4.78, 5) is 30.5. The van der Waals surface area contributed by atoms with Gasteiger partial charge in [0.05, 0.1) is 15.8 Å². The minimum atomic E-state index is -0.442. The molecule has 2 aromatic carbocycles. The van der Waals surface area contributed by atoms with E-state index in [0.717, 1.165) is 16.4 Å². The third kappa shape index (κ3) is 4.05. The third-order valence-electron chi connectivity index (χ3n) is 4.11. The van der Waals surface area contributed by atoms with E-state index in [-0.39, 0.29) is 15.9 Å². The number of aromatic nitrogens is 2. The highest BCUT2D eigenvalue weighted by Crippen LogP contribution is 2.27. The molecule has 0 aliphatic carbocycles. The summed E-state index contributed by atoms with van der Waals surface area (Å²) in [5, 5.41) is 2.66. The van der Waals surface area contributed by atoms with E-state index < -0.39 is 17.3 Å². The number of carbonyl (C=O) groups is 1. The molecule has 5 nitrogen and oxygen atoms in total. The number of para-hydroxylation sites is 1. The van der Waals surface area contributed by atoms with E-state index in [1.807, 2.05) is 0 Å². The van der Waals surface area contributed by atoms with Crippen molar-refractivity contribution < 1.29 is 9.18 Å². The SMILES string of the molecule is O=C(Nn1c(SCc2c(F)cccc2Cl)nc2ccccc2c1=O)c1cccs1. The van der Waals surface area contributed by atoms with E-state index in [1.54, 1.807) is 47.8 Å². The molecular formula is C20H13ClFN3O2S2. The number of carbonyl (C=O) groups excluding carboxylic acids is 1. The molecule has 0 saturated heterocycles. The molecular weight excluding hydrogens is 433 g/mol. The number of thioether (sulfide) groups is 1. The molecule has 4 aromatic rings. The molecule has 1 amide bonds. The predicted octanol–water partition coefficient (Wildman–Crippen LogP) is 4.93. The van der Waals surface area contributed by atoms with E-state index in [2.05, 4.69) is 10.4 Å². The highest BCUT2D eigenvalue weighted by molar-refractivity contribution is 7.98. The van der Waals surface area contributed by atoms with Gasteiger partial charge in [-0.15, -0.1) is 11.3 Å². The van der Waals surface area contributed by atoms with Gasteiger partial charge in [0.1, 0.15) is 5.82 Å². The van der Waals surface area contributed by atoms with Crippen molar-refractivity contribution in [3.63, 3.8) is 0 Å². The first-order valence-corrected chi connectivity index (χ1v) is 10.7. The van der Waals surface area contributed by atoms with E-state index in [4.69, 9.17) is 11.6 Å². The number of hydrogen-bond acceptors (Lipinski definition) is 5. The summed E-state index contributed by atoms with van der Waals surface area (Å²) in [7, 11) is 0. The van der Waals surface area contributed by atoms with Gasteiger partial charge in [0.25, 0.3) is 11.5 Å². The number of nitrogens with one attached hydrogen (secondary N) is 1. The fourth-order valence-electron chi connectivity index (χ4n) is 2.68. The molecule has 0 atom stereocenters. The molecule has 0 saturated carbocycles. The molecule has 0 spiro atoms. The smallest absolute Gasteiger partial charge is 0.267 e. The summed E-state index contributed by atoms with van der Waals surface area (Å²) in [5.41, 5.74) is 2.98. The van der Waals surface area contributed by atoms with Crippen LogP contribution in [0.5, 0.6) is 0 Å². The lowest BCUT2D eigenvalue weighted by atomic mass is 10.2. The molecule has 0 fully saturated rings. The van der Waals surface area contributed by atoms with Crippen LogP contribution in [-0.2, 0) is 5.75 Å². The molecule has 2 heterocycles. The van der Waals surface area contributed by atoms with E-state index in [1.165, 1.54) is 23.5 Å². The Morgan fingerprint density at radius 1 is 1.17 bits per heavy atom. The van der Waals surface area contributed by atoms with Crippen molar-refractivity contribution in [3.05, 3.63) is 91.6 Å². The van der Waals surface area contributed by atoms with Gasteiger partial charge in [-0.05, 0) is 35.7 Å². The van der Waals surface area contributed by atoms with Gasteiger partial charge in [0, 0.05) is 16.3 Å². The predicted molar refractivity (Wildman–Crippen MR) is 115 cm³/mol. The minimum absolute atomic E-state index is 0.144. The van der Waals surface area contributed by atoms with Crippen LogP contribution >= 0.6 is 34.7 Å². The lowest BCUT2D eigenvalue weighted by Gasteiger charge is -2.14. The van der Waals surface area contributed by atoms with Crippen LogP contribution < -0.4 is 11.0 Å². The Bertz CT molecular complexity index is 1240. The Morgan fingerprint density at radius 3 is 2.76 bits per heavy atom. The third-order valence-corrected chi connectivity index (χ3v) is 6.30. The first-order chi connectivity index (χ1) is 14.0. The Hall–Kier alpha value is -2.68. The first kappa shape index (κ1) is 19.6. The van der Waals surface area contributed by atoms with Crippen molar-refractivity contribution in [1.29, 1.82) is 0 Å². The minimum Gasteiger partial charge on any atom is -0.267 e. The number of rotatable bonds is 5. The second kappa shape index (κ2) is 8.36. The molecule has 9 heteroatoms. The molecule has 2 aromatic heterocycles.